The van der Waals surface area contributed by atoms with Crippen LogP contribution in [0.15, 0.2) is 59.8 Å². The first kappa shape index (κ1) is 16.7. The van der Waals surface area contributed by atoms with E-state index in [4.69, 9.17) is 14.2 Å². The molecule has 1 unspecified atom stereocenters. The number of benzene rings is 2. The van der Waals surface area contributed by atoms with E-state index < -0.39 is 5.41 Å². The SMILES string of the molecule is O=C1N(Cc2ccc(F)cc2)C2=C(C=CCC2)C12COc1cc3c(cc12)OCO3. The third-order valence-electron chi connectivity index (χ3n) is 6.17. The van der Waals surface area contributed by atoms with Crippen LogP contribution >= 0.6 is 0 Å². The van der Waals surface area contributed by atoms with Crippen molar-refractivity contribution < 1.29 is 23.4 Å². The summed E-state index contributed by atoms with van der Waals surface area (Å²) in [5.41, 5.74) is 2.86. The number of ether oxygens (including phenoxy) is 3. The Balaban J connectivity index is 1.47. The van der Waals surface area contributed by atoms with Gasteiger partial charge in [0.2, 0.25) is 12.7 Å². The van der Waals surface area contributed by atoms with E-state index in [9.17, 15) is 9.18 Å². The molecule has 0 N–H and O–H groups in total. The monoisotopic (exact) mass is 391 g/mol. The topological polar surface area (TPSA) is 48.0 Å². The van der Waals surface area contributed by atoms with Gasteiger partial charge in [-0.15, -0.1) is 0 Å². The second-order valence-electron chi connectivity index (χ2n) is 7.71. The van der Waals surface area contributed by atoms with Crippen LogP contribution in [0.4, 0.5) is 4.39 Å². The molecule has 1 amide bonds. The normalized spacial score (nSPS) is 23.6. The predicted molar refractivity (Wildman–Crippen MR) is 102 cm³/mol. The minimum atomic E-state index is -0.872. The lowest BCUT2D eigenvalue weighted by Crippen LogP contribution is -2.41. The van der Waals surface area contributed by atoms with Crippen LogP contribution in [0, 0.1) is 5.82 Å². The van der Waals surface area contributed by atoms with Gasteiger partial charge in [0.1, 0.15) is 23.6 Å². The van der Waals surface area contributed by atoms with Crippen LogP contribution in [-0.4, -0.2) is 24.2 Å². The number of hydrogen-bond donors (Lipinski definition) is 0. The quantitative estimate of drug-likeness (QED) is 0.781. The Morgan fingerprint density at radius 2 is 1.83 bits per heavy atom. The second kappa shape index (κ2) is 5.86. The molecular formula is C23H18FNO4. The summed E-state index contributed by atoms with van der Waals surface area (Å²) in [4.78, 5) is 15.7. The van der Waals surface area contributed by atoms with Crippen LogP contribution in [0.2, 0.25) is 0 Å². The van der Waals surface area contributed by atoms with Gasteiger partial charge in [-0.1, -0.05) is 24.3 Å². The standard InChI is InChI=1S/C23H18FNO4/c24-15-7-5-14(6-8-15)11-25-18-4-2-1-3-16(18)23(22(25)26)12-27-19-10-21-20(9-17(19)23)28-13-29-21/h1,3,5-10H,2,4,11-13H2. The summed E-state index contributed by atoms with van der Waals surface area (Å²) in [5.74, 6) is 1.66. The van der Waals surface area contributed by atoms with Gasteiger partial charge in [-0.2, -0.15) is 0 Å². The van der Waals surface area contributed by atoms with E-state index in [1.54, 1.807) is 12.1 Å². The highest BCUT2D eigenvalue weighted by molar-refractivity contribution is 5.99. The first-order valence-electron chi connectivity index (χ1n) is 9.70. The van der Waals surface area contributed by atoms with Gasteiger partial charge in [0.25, 0.3) is 0 Å². The van der Waals surface area contributed by atoms with Crippen molar-refractivity contribution in [1.29, 1.82) is 0 Å². The van der Waals surface area contributed by atoms with Crippen molar-refractivity contribution in [2.75, 3.05) is 13.4 Å². The van der Waals surface area contributed by atoms with Crippen molar-refractivity contribution in [3.05, 3.63) is 76.8 Å². The molecule has 1 atom stereocenters. The number of amides is 1. The van der Waals surface area contributed by atoms with E-state index in [1.165, 1.54) is 12.1 Å². The molecule has 4 aliphatic rings. The molecule has 0 aromatic heterocycles. The van der Waals surface area contributed by atoms with Crippen LogP contribution in [0.5, 0.6) is 17.2 Å². The molecule has 0 saturated heterocycles. The number of halogens is 1. The van der Waals surface area contributed by atoms with Crippen molar-refractivity contribution in [2.24, 2.45) is 0 Å². The fourth-order valence-electron chi connectivity index (χ4n) is 4.77. The number of carbonyl (C=O) groups excluding carboxylic acids is 1. The second-order valence-corrected chi connectivity index (χ2v) is 7.71. The lowest BCUT2D eigenvalue weighted by molar-refractivity contribution is -0.132. The molecule has 5 nitrogen and oxygen atoms in total. The van der Waals surface area contributed by atoms with Crippen LogP contribution in [0.3, 0.4) is 0 Å². The van der Waals surface area contributed by atoms with E-state index in [0.29, 0.717) is 23.8 Å². The molecule has 0 bridgehead atoms. The van der Waals surface area contributed by atoms with Crippen molar-refractivity contribution >= 4 is 5.91 Å². The van der Waals surface area contributed by atoms with E-state index in [1.807, 2.05) is 17.0 Å². The molecule has 6 heteroatoms. The molecule has 29 heavy (non-hydrogen) atoms. The molecule has 2 aromatic carbocycles. The van der Waals surface area contributed by atoms with E-state index in [-0.39, 0.29) is 25.1 Å². The number of hydrogen-bond acceptors (Lipinski definition) is 4. The predicted octanol–water partition coefficient (Wildman–Crippen LogP) is 3.83. The van der Waals surface area contributed by atoms with Crippen molar-refractivity contribution in [3.8, 4) is 17.2 Å². The molecule has 0 radical (unpaired) electrons. The minimum absolute atomic E-state index is 0.00371. The van der Waals surface area contributed by atoms with Gasteiger partial charge in [0.05, 0.1) is 6.54 Å². The van der Waals surface area contributed by atoms with Crippen LogP contribution < -0.4 is 14.2 Å². The van der Waals surface area contributed by atoms with Gasteiger partial charge >= 0.3 is 0 Å². The highest BCUT2D eigenvalue weighted by atomic mass is 19.1. The smallest absolute Gasteiger partial charge is 0.245 e. The molecule has 0 fully saturated rings. The zero-order valence-corrected chi connectivity index (χ0v) is 15.6. The zero-order valence-electron chi connectivity index (χ0n) is 15.6. The lowest BCUT2D eigenvalue weighted by atomic mass is 9.75. The summed E-state index contributed by atoms with van der Waals surface area (Å²) in [5, 5.41) is 0. The molecule has 6 rings (SSSR count). The molecule has 3 aliphatic heterocycles. The summed E-state index contributed by atoms with van der Waals surface area (Å²) >= 11 is 0. The molecule has 146 valence electrons. The van der Waals surface area contributed by atoms with Gasteiger partial charge in [-0.3, -0.25) is 4.79 Å². The van der Waals surface area contributed by atoms with Gasteiger partial charge in [-0.05, 0) is 42.2 Å². The maximum absolute atomic E-state index is 13.9. The third-order valence-corrected chi connectivity index (χ3v) is 6.17. The van der Waals surface area contributed by atoms with E-state index in [2.05, 4.69) is 12.2 Å². The van der Waals surface area contributed by atoms with Crippen molar-refractivity contribution in [2.45, 2.75) is 24.8 Å². The Hall–Kier alpha value is -3.28. The molecular weight excluding hydrogens is 373 g/mol. The Labute approximate surface area is 167 Å². The van der Waals surface area contributed by atoms with Gasteiger partial charge in [-0.25, -0.2) is 4.39 Å². The highest BCUT2D eigenvalue weighted by Gasteiger charge is 2.58. The number of carbonyl (C=O) groups is 1. The number of allylic oxidation sites excluding steroid dienone is 3. The Kier molecular flexibility index (Phi) is 3.37. The fourth-order valence-corrected chi connectivity index (χ4v) is 4.77. The fraction of sp³-hybridized carbons (Fsp3) is 0.261. The molecule has 1 spiro atoms. The van der Waals surface area contributed by atoms with E-state index >= 15 is 0 Å². The number of fused-ring (bicyclic) bond motifs is 4. The molecule has 3 heterocycles. The molecule has 0 saturated carbocycles. The van der Waals surface area contributed by atoms with E-state index in [0.717, 1.165) is 35.2 Å². The first-order valence-corrected chi connectivity index (χ1v) is 9.70. The first-order chi connectivity index (χ1) is 14.2. The number of rotatable bonds is 2. The Bertz CT molecular complexity index is 1100. The van der Waals surface area contributed by atoms with Gasteiger partial charge in [0, 0.05) is 17.3 Å². The molecule has 2 aromatic rings. The van der Waals surface area contributed by atoms with Crippen LogP contribution in [0.1, 0.15) is 24.0 Å². The summed E-state index contributed by atoms with van der Waals surface area (Å²) in [6.45, 7) is 0.838. The average molecular weight is 391 g/mol. The third kappa shape index (κ3) is 2.23. The summed E-state index contributed by atoms with van der Waals surface area (Å²) in [6.07, 6.45) is 5.85. The largest absolute Gasteiger partial charge is 0.491 e. The molecule has 1 aliphatic carbocycles. The number of nitrogens with zero attached hydrogens (tertiary/aromatic N) is 1. The highest BCUT2D eigenvalue weighted by Crippen LogP contribution is 2.55. The maximum Gasteiger partial charge on any atom is 0.245 e. The average Bonchev–Trinajstić information content (AvgIpc) is 3.41. The lowest BCUT2D eigenvalue weighted by Gasteiger charge is -2.25. The van der Waals surface area contributed by atoms with Gasteiger partial charge < -0.3 is 19.1 Å². The zero-order chi connectivity index (χ0) is 19.6. The minimum Gasteiger partial charge on any atom is -0.491 e. The summed E-state index contributed by atoms with van der Waals surface area (Å²) < 4.78 is 30.3. The summed E-state index contributed by atoms with van der Waals surface area (Å²) in [6, 6.07) is 10.0. The maximum atomic E-state index is 13.9. The Morgan fingerprint density at radius 1 is 1.03 bits per heavy atom. The van der Waals surface area contributed by atoms with Crippen LogP contribution in [0.25, 0.3) is 0 Å². The Morgan fingerprint density at radius 3 is 2.66 bits per heavy atom. The van der Waals surface area contributed by atoms with Crippen LogP contribution in [-0.2, 0) is 16.8 Å². The van der Waals surface area contributed by atoms with Crippen molar-refractivity contribution in [1.82, 2.24) is 4.90 Å². The van der Waals surface area contributed by atoms with Gasteiger partial charge in [0.15, 0.2) is 11.5 Å². The van der Waals surface area contributed by atoms with Crippen molar-refractivity contribution in [3.63, 3.8) is 0 Å². The summed E-state index contributed by atoms with van der Waals surface area (Å²) in [7, 11) is 0.